The van der Waals surface area contributed by atoms with Gasteiger partial charge in [-0.3, -0.25) is 14.8 Å². The standard InChI is InChI=1S/C23H41N5O2/c1-19(2)28(20(3)4)10-9-25-23(24-5)26-18-21-7-6-8-22(17-21)30-16-13-27-11-14-29-15-12-27/h6-8,17,19-20H,9-16,18H2,1-5H3,(H2,24,25,26). The lowest BCUT2D eigenvalue weighted by Crippen LogP contribution is -2.45. The topological polar surface area (TPSA) is 61.4 Å². The van der Waals surface area contributed by atoms with Gasteiger partial charge in [0.15, 0.2) is 5.96 Å². The molecule has 7 heteroatoms. The molecule has 0 atom stereocenters. The minimum Gasteiger partial charge on any atom is -0.492 e. The van der Waals surface area contributed by atoms with Gasteiger partial charge in [-0.2, -0.15) is 0 Å². The molecule has 1 saturated heterocycles. The molecule has 1 aliphatic rings. The van der Waals surface area contributed by atoms with Gasteiger partial charge in [-0.25, -0.2) is 0 Å². The van der Waals surface area contributed by atoms with Crippen molar-refractivity contribution in [2.75, 3.05) is 59.6 Å². The molecule has 1 aromatic rings. The number of hydrogen-bond donors (Lipinski definition) is 2. The lowest BCUT2D eigenvalue weighted by Gasteiger charge is -2.30. The number of hydrogen-bond acceptors (Lipinski definition) is 5. The van der Waals surface area contributed by atoms with Gasteiger partial charge in [0.2, 0.25) is 0 Å². The van der Waals surface area contributed by atoms with Gasteiger partial charge in [-0.15, -0.1) is 0 Å². The fourth-order valence-electron chi connectivity index (χ4n) is 3.69. The summed E-state index contributed by atoms with van der Waals surface area (Å²) in [6.45, 7) is 16.8. The van der Waals surface area contributed by atoms with E-state index in [0.717, 1.165) is 57.6 Å². The Morgan fingerprint density at radius 2 is 1.90 bits per heavy atom. The fraction of sp³-hybridized carbons (Fsp3) is 0.696. The first-order chi connectivity index (χ1) is 14.5. The molecular weight excluding hydrogens is 378 g/mol. The van der Waals surface area contributed by atoms with E-state index in [1.54, 1.807) is 0 Å². The molecule has 1 fully saturated rings. The summed E-state index contributed by atoms with van der Waals surface area (Å²) in [5.41, 5.74) is 1.17. The van der Waals surface area contributed by atoms with E-state index < -0.39 is 0 Å². The van der Waals surface area contributed by atoms with Gasteiger partial charge in [0, 0.05) is 58.4 Å². The lowest BCUT2D eigenvalue weighted by molar-refractivity contribution is 0.0322. The molecule has 0 aliphatic carbocycles. The first kappa shape index (κ1) is 24.4. The molecule has 0 spiro atoms. The second-order valence-electron chi connectivity index (χ2n) is 8.23. The SMILES string of the molecule is CN=C(NCCN(C(C)C)C(C)C)NCc1cccc(OCCN2CCOCC2)c1. The number of nitrogens with zero attached hydrogens (tertiary/aromatic N) is 3. The Morgan fingerprint density at radius 3 is 2.57 bits per heavy atom. The van der Waals surface area contributed by atoms with Crippen molar-refractivity contribution in [3.05, 3.63) is 29.8 Å². The lowest BCUT2D eigenvalue weighted by atomic mass is 10.2. The zero-order valence-corrected chi connectivity index (χ0v) is 19.5. The van der Waals surface area contributed by atoms with Gasteiger partial charge in [-0.05, 0) is 45.4 Å². The predicted octanol–water partition coefficient (Wildman–Crippen LogP) is 2.18. The van der Waals surface area contributed by atoms with E-state index in [0.29, 0.717) is 25.2 Å². The number of aliphatic imine (C=N–C) groups is 1. The van der Waals surface area contributed by atoms with Crippen molar-refractivity contribution < 1.29 is 9.47 Å². The Kier molecular flexibility index (Phi) is 11.0. The van der Waals surface area contributed by atoms with Crippen LogP contribution in [0, 0.1) is 0 Å². The number of ether oxygens (including phenoxy) is 2. The van der Waals surface area contributed by atoms with E-state index >= 15 is 0 Å². The van der Waals surface area contributed by atoms with Crippen LogP contribution < -0.4 is 15.4 Å². The Hall–Kier alpha value is -1.83. The highest BCUT2D eigenvalue weighted by atomic mass is 16.5. The summed E-state index contributed by atoms with van der Waals surface area (Å²) < 4.78 is 11.3. The Balaban J connectivity index is 1.72. The summed E-state index contributed by atoms with van der Waals surface area (Å²) in [4.78, 5) is 9.19. The summed E-state index contributed by atoms with van der Waals surface area (Å²) in [5, 5.41) is 6.81. The van der Waals surface area contributed by atoms with Gasteiger partial charge >= 0.3 is 0 Å². The average Bonchev–Trinajstić information content (AvgIpc) is 2.74. The highest BCUT2D eigenvalue weighted by Gasteiger charge is 2.13. The van der Waals surface area contributed by atoms with Crippen molar-refractivity contribution in [2.45, 2.75) is 46.3 Å². The van der Waals surface area contributed by atoms with Crippen LogP contribution in [0.3, 0.4) is 0 Å². The first-order valence-corrected chi connectivity index (χ1v) is 11.2. The third-order valence-electron chi connectivity index (χ3n) is 5.35. The minimum atomic E-state index is 0.535. The van der Waals surface area contributed by atoms with Crippen LogP contribution in [0.25, 0.3) is 0 Å². The van der Waals surface area contributed by atoms with E-state index in [-0.39, 0.29) is 0 Å². The fourth-order valence-corrected chi connectivity index (χ4v) is 3.69. The summed E-state index contributed by atoms with van der Waals surface area (Å²) in [6, 6.07) is 9.33. The second kappa shape index (κ2) is 13.5. The van der Waals surface area contributed by atoms with Crippen LogP contribution in [0.2, 0.25) is 0 Å². The van der Waals surface area contributed by atoms with E-state index in [4.69, 9.17) is 9.47 Å². The van der Waals surface area contributed by atoms with Gasteiger partial charge in [0.1, 0.15) is 12.4 Å². The average molecular weight is 420 g/mol. The molecule has 0 bridgehead atoms. The third-order valence-corrected chi connectivity index (χ3v) is 5.35. The van der Waals surface area contributed by atoms with Crippen LogP contribution >= 0.6 is 0 Å². The number of morpholine rings is 1. The molecule has 0 unspecified atom stereocenters. The van der Waals surface area contributed by atoms with Crippen molar-refractivity contribution in [1.82, 2.24) is 20.4 Å². The van der Waals surface area contributed by atoms with Crippen LogP contribution in [0.1, 0.15) is 33.3 Å². The van der Waals surface area contributed by atoms with Crippen molar-refractivity contribution in [2.24, 2.45) is 4.99 Å². The smallest absolute Gasteiger partial charge is 0.191 e. The predicted molar refractivity (Wildman–Crippen MR) is 124 cm³/mol. The summed E-state index contributed by atoms with van der Waals surface area (Å²) in [7, 11) is 1.81. The Morgan fingerprint density at radius 1 is 1.17 bits per heavy atom. The van der Waals surface area contributed by atoms with E-state index in [1.165, 1.54) is 5.56 Å². The molecule has 2 rings (SSSR count). The van der Waals surface area contributed by atoms with Crippen molar-refractivity contribution in [3.8, 4) is 5.75 Å². The quantitative estimate of drug-likeness (QED) is 0.424. The highest BCUT2D eigenvalue weighted by molar-refractivity contribution is 5.79. The monoisotopic (exact) mass is 419 g/mol. The maximum absolute atomic E-state index is 5.96. The molecule has 0 amide bonds. The van der Waals surface area contributed by atoms with Gasteiger partial charge < -0.3 is 20.1 Å². The van der Waals surface area contributed by atoms with Crippen LogP contribution in [-0.4, -0.2) is 87.4 Å². The molecule has 2 N–H and O–H groups in total. The Bertz CT molecular complexity index is 622. The maximum atomic E-state index is 5.96. The summed E-state index contributed by atoms with van der Waals surface area (Å²) in [5.74, 6) is 1.73. The largest absolute Gasteiger partial charge is 0.492 e. The molecule has 1 aromatic carbocycles. The Labute approximate surface area is 182 Å². The molecule has 30 heavy (non-hydrogen) atoms. The number of nitrogens with one attached hydrogen (secondary N) is 2. The van der Waals surface area contributed by atoms with Crippen molar-refractivity contribution in [1.29, 1.82) is 0 Å². The molecule has 1 aliphatic heterocycles. The molecule has 0 radical (unpaired) electrons. The minimum absolute atomic E-state index is 0.535. The van der Waals surface area contributed by atoms with Crippen molar-refractivity contribution >= 4 is 5.96 Å². The molecular formula is C23H41N5O2. The second-order valence-corrected chi connectivity index (χ2v) is 8.23. The van der Waals surface area contributed by atoms with Gasteiger partial charge in [0.25, 0.3) is 0 Å². The van der Waals surface area contributed by atoms with Crippen molar-refractivity contribution in [3.63, 3.8) is 0 Å². The number of rotatable bonds is 11. The van der Waals surface area contributed by atoms with E-state index in [1.807, 2.05) is 19.2 Å². The van der Waals surface area contributed by atoms with Crippen LogP contribution in [0.4, 0.5) is 0 Å². The zero-order chi connectivity index (χ0) is 21.8. The number of benzene rings is 1. The van der Waals surface area contributed by atoms with Crippen LogP contribution in [0.15, 0.2) is 29.3 Å². The van der Waals surface area contributed by atoms with Crippen LogP contribution in [0.5, 0.6) is 5.75 Å². The normalized spacial score (nSPS) is 15.8. The molecule has 170 valence electrons. The summed E-state index contributed by atoms with van der Waals surface area (Å²) in [6.07, 6.45) is 0. The number of guanidine groups is 1. The van der Waals surface area contributed by atoms with E-state index in [9.17, 15) is 0 Å². The third kappa shape index (κ3) is 8.90. The molecule has 1 heterocycles. The zero-order valence-electron chi connectivity index (χ0n) is 19.5. The van der Waals surface area contributed by atoms with E-state index in [2.05, 4.69) is 65.3 Å². The molecule has 7 nitrogen and oxygen atoms in total. The van der Waals surface area contributed by atoms with Gasteiger partial charge in [0.05, 0.1) is 13.2 Å². The van der Waals surface area contributed by atoms with Gasteiger partial charge in [-0.1, -0.05) is 12.1 Å². The molecule has 0 aromatic heterocycles. The maximum Gasteiger partial charge on any atom is 0.191 e. The molecule has 0 saturated carbocycles. The van der Waals surface area contributed by atoms with Crippen LogP contribution in [-0.2, 0) is 11.3 Å². The first-order valence-electron chi connectivity index (χ1n) is 11.2. The summed E-state index contributed by atoms with van der Waals surface area (Å²) >= 11 is 0. The highest BCUT2D eigenvalue weighted by Crippen LogP contribution is 2.13.